The molecule has 6 aromatic rings. The number of hydrogen-bond donors (Lipinski definition) is 0. The topological polar surface area (TPSA) is 13.1 Å². The Balaban J connectivity index is 1.49. The van der Waals surface area contributed by atoms with Crippen molar-refractivity contribution in [2.45, 2.75) is 12.8 Å². The highest BCUT2D eigenvalue weighted by atomic mass is 16.3. The fourth-order valence-corrected chi connectivity index (χ4v) is 5.34. The minimum Gasteiger partial charge on any atom is -0.455 e. The van der Waals surface area contributed by atoms with Gasteiger partial charge in [-0.15, -0.1) is 0 Å². The van der Waals surface area contributed by atoms with Crippen molar-refractivity contribution in [3.05, 3.63) is 126 Å². The summed E-state index contributed by atoms with van der Waals surface area (Å²) in [6.45, 7) is 0. The largest absolute Gasteiger partial charge is 0.455 e. The van der Waals surface area contributed by atoms with Gasteiger partial charge in [0, 0.05) is 33.4 Å². The molecule has 0 unspecified atom stereocenters. The lowest BCUT2D eigenvalue weighted by atomic mass is 9.90. The summed E-state index contributed by atoms with van der Waals surface area (Å²) in [5.41, 5.74) is 6.87. The molecule has 0 aliphatic heterocycles. The van der Waals surface area contributed by atoms with Crippen molar-refractivity contribution in [1.82, 2.24) is 0 Å². The maximum absolute atomic E-state index is 6.85. The van der Waals surface area contributed by atoms with Gasteiger partial charge in [-0.2, -0.15) is 0 Å². The Morgan fingerprint density at radius 1 is 0.657 bits per heavy atom. The fourth-order valence-electron chi connectivity index (χ4n) is 5.34. The maximum atomic E-state index is 6.85. The highest BCUT2D eigenvalue weighted by Gasteiger charge is 2.25. The van der Waals surface area contributed by atoms with Gasteiger partial charge in [-0.3, -0.25) is 0 Å². The lowest BCUT2D eigenvalue weighted by Crippen LogP contribution is -1.94. The van der Waals surface area contributed by atoms with E-state index in [4.69, 9.17) is 4.42 Å². The maximum Gasteiger partial charge on any atom is 0.142 e. The van der Waals surface area contributed by atoms with Crippen LogP contribution in [0.1, 0.15) is 17.5 Å². The minimum atomic E-state index is 0.949. The lowest BCUT2D eigenvalue weighted by molar-refractivity contribution is 0.595. The third-order valence-electron chi connectivity index (χ3n) is 7.00. The van der Waals surface area contributed by atoms with Gasteiger partial charge in [-0.25, -0.2) is 0 Å². The Kier molecular flexibility index (Phi) is 4.57. The highest BCUT2D eigenvalue weighted by Crippen LogP contribution is 2.45. The molecule has 0 saturated heterocycles. The Morgan fingerprint density at radius 3 is 2.29 bits per heavy atom. The quantitative estimate of drug-likeness (QED) is 0.247. The van der Waals surface area contributed by atoms with Gasteiger partial charge in [0.15, 0.2) is 0 Å². The fraction of sp³-hybridized carbons (Fsp3) is 0.0588. The van der Waals surface area contributed by atoms with Crippen LogP contribution in [-0.4, -0.2) is 0 Å². The molecule has 35 heavy (non-hydrogen) atoms. The van der Waals surface area contributed by atoms with Gasteiger partial charge in [0.25, 0.3) is 0 Å². The molecular formula is C34H22O. The second-order valence-corrected chi connectivity index (χ2v) is 9.07. The summed E-state index contributed by atoms with van der Waals surface area (Å²) in [6.07, 6.45) is 6.49. The number of fused-ring (bicyclic) bond motifs is 3. The minimum absolute atomic E-state index is 0.949. The van der Waals surface area contributed by atoms with E-state index in [2.05, 4.69) is 109 Å². The smallest absolute Gasteiger partial charge is 0.142 e. The zero-order valence-electron chi connectivity index (χ0n) is 19.2. The third kappa shape index (κ3) is 3.27. The number of benzene rings is 4. The van der Waals surface area contributed by atoms with E-state index in [9.17, 15) is 0 Å². The van der Waals surface area contributed by atoms with Gasteiger partial charge in [0.1, 0.15) is 11.5 Å². The number of rotatable bonds is 3. The van der Waals surface area contributed by atoms with Crippen molar-refractivity contribution in [3.63, 3.8) is 0 Å². The van der Waals surface area contributed by atoms with E-state index in [0.717, 1.165) is 46.6 Å². The predicted molar refractivity (Wildman–Crippen MR) is 145 cm³/mol. The van der Waals surface area contributed by atoms with Crippen molar-refractivity contribution in [1.29, 1.82) is 0 Å². The van der Waals surface area contributed by atoms with E-state index in [1.807, 2.05) is 12.1 Å². The van der Waals surface area contributed by atoms with Crippen LogP contribution >= 0.6 is 0 Å². The summed E-state index contributed by atoms with van der Waals surface area (Å²) in [7, 11) is 0. The molecule has 7 rings (SSSR count). The Hall–Kier alpha value is -4.54. The first-order valence-electron chi connectivity index (χ1n) is 12.1. The molecule has 164 valence electrons. The van der Waals surface area contributed by atoms with Crippen LogP contribution in [0.3, 0.4) is 0 Å². The van der Waals surface area contributed by atoms with Crippen LogP contribution in [0.25, 0.3) is 61.4 Å². The Bertz CT molecular complexity index is 1730. The molecule has 0 bridgehead atoms. The molecule has 1 heterocycles. The monoisotopic (exact) mass is 446 g/mol. The van der Waals surface area contributed by atoms with Gasteiger partial charge in [-0.1, -0.05) is 97.1 Å². The van der Waals surface area contributed by atoms with Crippen LogP contribution in [-0.2, 0) is 6.42 Å². The van der Waals surface area contributed by atoms with Gasteiger partial charge < -0.3 is 4.42 Å². The van der Waals surface area contributed by atoms with Gasteiger partial charge >= 0.3 is 0 Å². The third-order valence-corrected chi connectivity index (χ3v) is 7.00. The van der Waals surface area contributed by atoms with Crippen LogP contribution in [0, 0.1) is 12.1 Å². The first-order chi connectivity index (χ1) is 17.4. The second kappa shape index (κ2) is 8.05. The summed E-state index contributed by atoms with van der Waals surface area (Å²) < 4.78 is 6.85. The summed E-state index contributed by atoms with van der Waals surface area (Å²) in [5, 5.41) is 4.93. The predicted octanol–water partition coefficient (Wildman–Crippen LogP) is 9.15. The normalized spacial score (nSPS) is 12.6. The molecule has 1 aliphatic rings. The molecular weight excluding hydrogens is 424 g/mol. The molecule has 0 N–H and O–H groups in total. The first kappa shape index (κ1) is 19.9. The van der Waals surface area contributed by atoms with E-state index in [1.54, 1.807) is 0 Å². The van der Waals surface area contributed by atoms with Crippen LogP contribution in [0.2, 0.25) is 0 Å². The number of furan rings is 1. The van der Waals surface area contributed by atoms with Crippen LogP contribution < -0.4 is 0 Å². The molecule has 1 heteroatoms. The molecule has 5 aromatic carbocycles. The van der Waals surface area contributed by atoms with Gasteiger partial charge in [0.05, 0.1) is 0 Å². The van der Waals surface area contributed by atoms with Crippen molar-refractivity contribution >= 4 is 27.6 Å². The van der Waals surface area contributed by atoms with E-state index in [1.165, 1.54) is 32.7 Å². The van der Waals surface area contributed by atoms with E-state index in [0.29, 0.717) is 0 Å². The number of allylic oxidation sites excluding steroid dienone is 1. The Labute approximate surface area is 205 Å². The molecule has 0 fully saturated rings. The second-order valence-electron chi connectivity index (χ2n) is 9.07. The van der Waals surface area contributed by atoms with Crippen molar-refractivity contribution in [2.75, 3.05) is 0 Å². The summed E-state index contributed by atoms with van der Waals surface area (Å²) >= 11 is 0. The van der Waals surface area contributed by atoms with Crippen LogP contribution in [0.15, 0.2) is 108 Å². The zero-order chi connectivity index (χ0) is 23.2. The number of hydrogen-bond acceptors (Lipinski definition) is 1. The average Bonchev–Trinajstić information content (AvgIpc) is 3.31. The molecule has 0 amide bonds. The average molecular weight is 447 g/mol. The summed E-state index contributed by atoms with van der Waals surface area (Å²) in [5.74, 6) is 1.91. The summed E-state index contributed by atoms with van der Waals surface area (Å²) in [4.78, 5) is 0. The molecule has 0 saturated carbocycles. The lowest BCUT2D eigenvalue weighted by Gasteiger charge is -2.10. The standard InChI is InChI=1S/C34H22O/c1-2-11-23(12-3-1)27-16-6-7-17-28(27)33-29-18-8-9-19-30(29)34(35-33)31-20-10-15-26-21-24-13-4-5-14-25(24)22-32(26)31/h1-2,4-7,9-11,13-17,19-22H,8,18H2. The highest BCUT2D eigenvalue weighted by molar-refractivity contribution is 6.05. The van der Waals surface area contributed by atoms with Crippen molar-refractivity contribution in [3.8, 4) is 33.8 Å². The van der Waals surface area contributed by atoms with Crippen LogP contribution in [0.5, 0.6) is 0 Å². The van der Waals surface area contributed by atoms with Crippen molar-refractivity contribution < 1.29 is 4.42 Å². The first-order valence-corrected chi connectivity index (χ1v) is 12.1. The van der Waals surface area contributed by atoms with E-state index < -0.39 is 0 Å². The molecule has 1 aliphatic carbocycles. The molecule has 0 radical (unpaired) electrons. The van der Waals surface area contributed by atoms with Crippen molar-refractivity contribution in [2.24, 2.45) is 0 Å². The molecule has 1 aromatic heterocycles. The Morgan fingerprint density at radius 2 is 1.43 bits per heavy atom. The van der Waals surface area contributed by atoms with E-state index >= 15 is 0 Å². The molecule has 0 spiro atoms. The molecule has 0 atom stereocenters. The molecule has 1 nitrogen and oxygen atoms in total. The summed E-state index contributed by atoms with van der Waals surface area (Å²) in [6, 6.07) is 40.4. The van der Waals surface area contributed by atoms with E-state index in [-0.39, 0.29) is 0 Å². The van der Waals surface area contributed by atoms with Gasteiger partial charge in [0.2, 0.25) is 0 Å². The van der Waals surface area contributed by atoms with Crippen LogP contribution in [0.4, 0.5) is 0 Å². The SMILES string of the molecule is c1cccc(-c2ccccc2-c2oc(-c3cccc4cc5ccccc5cc34)c3c2CCC=C3)c#1. The van der Waals surface area contributed by atoms with Gasteiger partial charge in [-0.05, 0) is 58.7 Å². The zero-order valence-corrected chi connectivity index (χ0v) is 19.2.